The molecule has 7 heteroatoms. The van der Waals surface area contributed by atoms with Crippen molar-refractivity contribution in [2.75, 3.05) is 17.6 Å². The van der Waals surface area contributed by atoms with Crippen LogP contribution >= 0.6 is 15.9 Å². The maximum Gasteiger partial charge on any atom is 0.221 e. The van der Waals surface area contributed by atoms with Gasteiger partial charge in [-0.15, -0.1) is 0 Å². The monoisotopic (exact) mass is 313 g/mol. The number of nitrogens with two attached hydrogens (primary N) is 1. The Morgan fingerprint density at radius 3 is 3.06 bits per heavy atom. The molecule has 1 aliphatic rings. The highest BCUT2D eigenvalue weighted by Crippen LogP contribution is 2.20. The van der Waals surface area contributed by atoms with E-state index in [1.54, 1.807) is 6.20 Å². The number of aromatic nitrogens is 2. The van der Waals surface area contributed by atoms with E-state index in [1.165, 1.54) is 0 Å². The fourth-order valence-corrected chi connectivity index (χ4v) is 1.82. The lowest BCUT2D eigenvalue weighted by Crippen LogP contribution is -2.25. The molecule has 1 heterocycles. The van der Waals surface area contributed by atoms with E-state index < -0.39 is 0 Å². The number of nitrogens with one attached hydrogen (secondary N) is 2. The van der Waals surface area contributed by atoms with Crippen LogP contribution < -0.4 is 16.4 Å². The van der Waals surface area contributed by atoms with Crippen molar-refractivity contribution in [3.63, 3.8) is 0 Å². The van der Waals surface area contributed by atoms with Crippen LogP contribution in [-0.4, -0.2) is 28.5 Å². The van der Waals surface area contributed by atoms with Gasteiger partial charge in [-0.3, -0.25) is 4.79 Å². The van der Waals surface area contributed by atoms with Gasteiger partial charge in [0.2, 0.25) is 11.9 Å². The summed E-state index contributed by atoms with van der Waals surface area (Å²) in [5.41, 5.74) is 5.49. The van der Waals surface area contributed by atoms with Crippen LogP contribution in [0.15, 0.2) is 10.7 Å². The Bertz CT molecular complexity index is 435. The lowest BCUT2D eigenvalue weighted by Gasteiger charge is -2.07. The molecular weight excluding hydrogens is 298 g/mol. The third-order valence-electron chi connectivity index (χ3n) is 2.58. The Morgan fingerprint density at radius 2 is 2.33 bits per heavy atom. The quantitative estimate of drug-likeness (QED) is 0.688. The van der Waals surface area contributed by atoms with E-state index in [9.17, 15) is 4.79 Å². The zero-order valence-electron chi connectivity index (χ0n) is 9.95. The van der Waals surface area contributed by atoms with Crippen molar-refractivity contribution in [3.05, 3.63) is 10.7 Å². The average Bonchev–Trinajstić information content (AvgIpc) is 3.13. The summed E-state index contributed by atoms with van der Waals surface area (Å²) in [7, 11) is 0. The highest BCUT2D eigenvalue weighted by molar-refractivity contribution is 9.10. The molecule has 98 valence electrons. The minimum atomic E-state index is 0.126. The molecule has 0 radical (unpaired) electrons. The summed E-state index contributed by atoms with van der Waals surface area (Å²) in [6.07, 6.45) is 5.13. The van der Waals surface area contributed by atoms with E-state index in [-0.39, 0.29) is 11.9 Å². The van der Waals surface area contributed by atoms with Gasteiger partial charge in [-0.25, -0.2) is 4.98 Å². The fraction of sp³-hybridized carbons (Fsp3) is 0.545. The van der Waals surface area contributed by atoms with E-state index in [4.69, 9.17) is 5.73 Å². The smallest absolute Gasteiger partial charge is 0.221 e. The number of rotatable bonds is 6. The molecule has 4 N–H and O–H groups in total. The molecular formula is C11H16BrN5O. The van der Waals surface area contributed by atoms with Gasteiger partial charge in [0.25, 0.3) is 0 Å². The van der Waals surface area contributed by atoms with Crippen molar-refractivity contribution in [2.24, 2.45) is 0 Å². The third kappa shape index (κ3) is 4.14. The Kier molecular flexibility index (Phi) is 4.35. The van der Waals surface area contributed by atoms with Gasteiger partial charge in [-0.2, -0.15) is 4.98 Å². The Morgan fingerprint density at radius 1 is 1.56 bits per heavy atom. The predicted molar refractivity (Wildman–Crippen MR) is 73.0 cm³/mol. The number of anilines is 2. The highest BCUT2D eigenvalue weighted by atomic mass is 79.9. The number of nitrogen functional groups attached to an aromatic ring is 1. The Hall–Kier alpha value is -1.37. The van der Waals surface area contributed by atoms with Crippen LogP contribution in [-0.2, 0) is 4.79 Å². The maximum absolute atomic E-state index is 11.4. The molecule has 2 rings (SSSR count). The van der Waals surface area contributed by atoms with Crippen molar-refractivity contribution in [1.29, 1.82) is 0 Å². The second-order valence-corrected chi connectivity index (χ2v) is 5.15. The van der Waals surface area contributed by atoms with Crippen LogP contribution in [0, 0.1) is 0 Å². The molecule has 1 aromatic heterocycles. The standard InChI is InChI=1S/C11H16BrN5O/c12-8-6-15-11(13)17-10(8)14-5-1-2-9(18)16-7-3-4-7/h6-7H,1-5H2,(H,16,18)(H3,13,14,15,17). The van der Waals surface area contributed by atoms with Gasteiger partial charge in [0.05, 0.1) is 4.47 Å². The molecule has 0 aliphatic heterocycles. The summed E-state index contributed by atoms with van der Waals surface area (Å²) in [6.45, 7) is 0.674. The number of nitrogens with zero attached hydrogens (tertiary/aromatic N) is 2. The number of hydrogen-bond acceptors (Lipinski definition) is 5. The molecule has 0 bridgehead atoms. The minimum Gasteiger partial charge on any atom is -0.369 e. The predicted octanol–water partition coefficient (Wildman–Crippen LogP) is 1.29. The number of amides is 1. The largest absolute Gasteiger partial charge is 0.369 e. The lowest BCUT2D eigenvalue weighted by molar-refractivity contribution is -0.121. The summed E-state index contributed by atoms with van der Waals surface area (Å²) >= 11 is 3.33. The minimum absolute atomic E-state index is 0.126. The van der Waals surface area contributed by atoms with Crippen LogP contribution in [0.3, 0.4) is 0 Å². The van der Waals surface area contributed by atoms with Gasteiger partial charge < -0.3 is 16.4 Å². The summed E-state index contributed by atoms with van der Waals surface area (Å²) in [4.78, 5) is 19.3. The molecule has 6 nitrogen and oxygen atoms in total. The van der Waals surface area contributed by atoms with Crippen molar-refractivity contribution in [3.8, 4) is 0 Å². The average molecular weight is 314 g/mol. The van der Waals surface area contributed by atoms with Crippen molar-refractivity contribution < 1.29 is 4.79 Å². The SMILES string of the molecule is Nc1ncc(Br)c(NCCCC(=O)NC2CC2)n1. The zero-order chi connectivity index (χ0) is 13.0. The summed E-state index contributed by atoms with van der Waals surface area (Å²) < 4.78 is 0.763. The highest BCUT2D eigenvalue weighted by Gasteiger charge is 2.22. The van der Waals surface area contributed by atoms with E-state index in [1.807, 2.05) is 0 Å². The van der Waals surface area contributed by atoms with E-state index >= 15 is 0 Å². The first kappa shape index (κ1) is 13.1. The molecule has 1 aromatic rings. The first-order valence-corrected chi connectivity index (χ1v) is 6.75. The molecule has 1 amide bonds. The van der Waals surface area contributed by atoms with Crippen molar-refractivity contribution in [1.82, 2.24) is 15.3 Å². The third-order valence-corrected chi connectivity index (χ3v) is 3.16. The second kappa shape index (κ2) is 5.99. The summed E-state index contributed by atoms with van der Waals surface area (Å²) in [5.74, 6) is 1.01. The van der Waals surface area contributed by atoms with E-state index in [2.05, 4.69) is 36.5 Å². The van der Waals surface area contributed by atoms with Crippen LogP contribution in [0.25, 0.3) is 0 Å². The number of halogens is 1. The fourth-order valence-electron chi connectivity index (χ4n) is 1.49. The maximum atomic E-state index is 11.4. The molecule has 0 unspecified atom stereocenters. The van der Waals surface area contributed by atoms with E-state index in [0.717, 1.165) is 23.7 Å². The van der Waals surface area contributed by atoms with Crippen molar-refractivity contribution >= 4 is 33.6 Å². The molecule has 0 atom stereocenters. The Balaban J connectivity index is 1.67. The molecule has 1 saturated carbocycles. The normalized spacial score (nSPS) is 14.3. The van der Waals surface area contributed by atoms with Crippen LogP contribution in [0.4, 0.5) is 11.8 Å². The van der Waals surface area contributed by atoms with Gasteiger partial charge in [0, 0.05) is 25.2 Å². The van der Waals surface area contributed by atoms with Crippen molar-refractivity contribution in [2.45, 2.75) is 31.7 Å². The van der Waals surface area contributed by atoms with Gasteiger partial charge >= 0.3 is 0 Å². The Labute approximate surface area is 114 Å². The number of carbonyl (C=O) groups excluding carboxylic acids is 1. The summed E-state index contributed by atoms with van der Waals surface area (Å²) in [6, 6.07) is 0.432. The second-order valence-electron chi connectivity index (χ2n) is 4.30. The zero-order valence-corrected chi connectivity index (χ0v) is 11.5. The van der Waals surface area contributed by atoms with Crippen LogP contribution in [0.5, 0.6) is 0 Å². The lowest BCUT2D eigenvalue weighted by atomic mass is 10.3. The topological polar surface area (TPSA) is 92.9 Å². The first-order valence-electron chi connectivity index (χ1n) is 5.96. The molecule has 0 spiro atoms. The van der Waals surface area contributed by atoms with Crippen LogP contribution in [0.1, 0.15) is 25.7 Å². The van der Waals surface area contributed by atoms with Gasteiger partial charge in [-0.1, -0.05) is 0 Å². The molecule has 18 heavy (non-hydrogen) atoms. The number of hydrogen-bond donors (Lipinski definition) is 3. The molecule has 0 aromatic carbocycles. The summed E-state index contributed by atoms with van der Waals surface area (Å²) in [5, 5.41) is 6.07. The van der Waals surface area contributed by atoms with Crippen LogP contribution in [0.2, 0.25) is 0 Å². The molecule has 1 fully saturated rings. The molecule has 1 aliphatic carbocycles. The molecule has 0 saturated heterocycles. The first-order chi connectivity index (χ1) is 8.65. The van der Waals surface area contributed by atoms with E-state index in [0.29, 0.717) is 24.8 Å². The van der Waals surface area contributed by atoms with Gasteiger partial charge in [0.1, 0.15) is 5.82 Å². The van der Waals surface area contributed by atoms with Gasteiger partial charge in [-0.05, 0) is 35.2 Å². The van der Waals surface area contributed by atoms with Gasteiger partial charge in [0.15, 0.2) is 0 Å². The number of carbonyl (C=O) groups is 1.